The quantitative estimate of drug-likeness (QED) is 0.854. The molecular formula is C20H30N4O3. The number of likely N-dealkylation sites (tertiary alicyclic amines) is 1. The number of rotatable bonds is 5. The van der Waals surface area contributed by atoms with E-state index in [9.17, 15) is 14.4 Å². The fraction of sp³-hybridized carbons (Fsp3) is 0.700. The van der Waals surface area contributed by atoms with Gasteiger partial charge >= 0.3 is 0 Å². The first-order valence-electron chi connectivity index (χ1n) is 10.3. The van der Waals surface area contributed by atoms with E-state index in [0.29, 0.717) is 19.6 Å². The van der Waals surface area contributed by atoms with Crippen LogP contribution in [0.25, 0.3) is 0 Å². The van der Waals surface area contributed by atoms with E-state index in [1.165, 1.54) is 36.1 Å². The van der Waals surface area contributed by atoms with Crippen molar-refractivity contribution in [3.8, 4) is 0 Å². The Labute approximate surface area is 160 Å². The van der Waals surface area contributed by atoms with Crippen molar-refractivity contribution in [2.75, 3.05) is 13.1 Å². The lowest BCUT2D eigenvalue weighted by molar-refractivity contribution is -0.127. The third-order valence-electron chi connectivity index (χ3n) is 5.55. The Morgan fingerprint density at radius 3 is 2.67 bits per heavy atom. The van der Waals surface area contributed by atoms with Crippen LogP contribution in [0.1, 0.15) is 68.8 Å². The van der Waals surface area contributed by atoms with Crippen LogP contribution in [0.5, 0.6) is 0 Å². The molecule has 3 rings (SSSR count). The van der Waals surface area contributed by atoms with Gasteiger partial charge in [0.15, 0.2) is 0 Å². The second-order valence-electron chi connectivity index (χ2n) is 7.71. The van der Waals surface area contributed by atoms with Crippen LogP contribution in [0, 0.1) is 5.92 Å². The van der Waals surface area contributed by atoms with Gasteiger partial charge in [0, 0.05) is 31.7 Å². The molecule has 1 aromatic heterocycles. The van der Waals surface area contributed by atoms with E-state index in [0.717, 1.165) is 32.1 Å². The summed E-state index contributed by atoms with van der Waals surface area (Å²) in [5.41, 5.74) is 0.0770. The number of hydrogen-bond donors (Lipinski definition) is 1. The minimum Gasteiger partial charge on any atom is -0.353 e. The molecule has 1 saturated heterocycles. The summed E-state index contributed by atoms with van der Waals surface area (Å²) < 4.78 is 1.34. The molecule has 1 unspecified atom stereocenters. The third kappa shape index (κ3) is 4.96. The molecule has 0 spiro atoms. The zero-order valence-corrected chi connectivity index (χ0v) is 16.2. The van der Waals surface area contributed by atoms with Gasteiger partial charge in [-0.1, -0.05) is 26.2 Å². The fourth-order valence-electron chi connectivity index (χ4n) is 4.04. The van der Waals surface area contributed by atoms with Gasteiger partial charge in [-0.2, -0.15) is 5.10 Å². The molecule has 0 bridgehead atoms. The molecule has 1 N–H and O–H groups in total. The number of carbonyl (C=O) groups is 2. The summed E-state index contributed by atoms with van der Waals surface area (Å²) in [4.78, 5) is 39.0. The molecule has 148 valence electrons. The number of aryl methyl sites for hydroxylation is 1. The zero-order chi connectivity index (χ0) is 19.2. The monoisotopic (exact) mass is 374 g/mol. The van der Waals surface area contributed by atoms with E-state index >= 15 is 0 Å². The van der Waals surface area contributed by atoms with Gasteiger partial charge in [-0.05, 0) is 38.2 Å². The van der Waals surface area contributed by atoms with Crippen molar-refractivity contribution in [2.24, 2.45) is 5.92 Å². The SMILES string of the molecule is CCCn1nc(C(=O)N2CCCC(C(=O)NC3CCCCC3)C2)ccc1=O. The summed E-state index contributed by atoms with van der Waals surface area (Å²) in [6, 6.07) is 3.17. The maximum absolute atomic E-state index is 12.8. The number of piperidine rings is 1. The summed E-state index contributed by atoms with van der Waals surface area (Å²) in [6.45, 7) is 3.50. The van der Waals surface area contributed by atoms with Gasteiger partial charge in [0.25, 0.3) is 11.5 Å². The Morgan fingerprint density at radius 1 is 1.15 bits per heavy atom. The summed E-state index contributed by atoms with van der Waals surface area (Å²) in [5, 5.41) is 7.40. The van der Waals surface area contributed by atoms with Crippen LogP contribution >= 0.6 is 0 Å². The van der Waals surface area contributed by atoms with Crippen LogP contribution < -0.4 is 10.9 Å². The molecule has 7 heteroatoms. The maximum Gasteiger partial charge on any atom is 0.274 e. The molecule has 1 saturated carbocycles. The van der Waals surface area contributed by atoms with E-state index in [2.05, 4.69) is 10.4 Å². The predicted octanol–water partition coefficient (Wildman–Crippen LogP) is 1.95. The van der Waals surface area contributed by atoms with Crippen LogP contribution in [0.2, 0.25) is 0 Å². The number of nitrogens with zero attached hydrogens (tertiary/aromatic N) is 3. The fourth-order valence-corrected chi connectivity index (χ4v) is 4.04. The standard InChI is InChI=1S/C20H30N4O3/c1-2-12-24-18(25)11-10-17(22-24)20(27)23-13-6-7-15(14-23)19(26)21-16-8-4-3-5-9-16/h10-11,15-16H,2-9,12-14H2,1H3,(H,21,26). The molecule has 2 fully saturated rings. The van der Waals surface area contributed by atoms with Crippen LogP contribution in [0.15, 0.2) is 16.9 Å². The van der Waals surface area contributed by atoms with Crippen molar-refractivity contribution >= 4 is 11.8 Å². The smallest absolute Gasteiger partial charge is 0.274 e. The van der Waals surface area contributed by atoms with Crippen molar-refractivity contribution in [1.82, 2.24) is 20.0 Å². The second-order valence-corrected chi connectivity index (χ2v) is 7.71. The van der Waals surface area contributed by atoms with Gasteiger partial charge in [-0.3, -0.25) is 14.4 Å². The average molecular weight is 374 g/mol. The lowest BCUT2D eigenvalue weighted by atomic mass is 9.93. The molecule has 1 aliphatic heterocycles. The van der Waals surface area contributed by atoms with E-state index in [-0.39, 0.29) is 35.0 Å². The average Bonchev–Trinajstić information content (AvgIpc) is 2.70. The molecule has 1 aliphatic carbocycles. The highest BCUT2D eigenvalue weighted by Crippen LogP contribution is 2.21. The normalized spacial score (nSPS) is 21.1. The molecule has 7 nitrogen and oxygen atoms in total. The van der Waals surface area contributed by atoms with Crippen molar-refractivity contribution in [1.29, 1.82) is 0 Å². The Balaban J connectivity index is 1.63. The first kappa shape index (κ1) is 19.6. The molecule has 0 aromatic carbocycles. The number of hydrogen-bond acceptors (Lipinski definition) is 4. The molecule has 1 aromatic rings. The summed E-state index contributed by atoms with van der Waals surface area (Å²) in [6.07, 6.45) is 8.13. The topological polar surface area (TPSA) is 84.3 Å². The highest BCUT2D eigenvalue weighted by molar-refractivity contribution is 5.92. The van der Waals surface area contributed by atoms with Gasteiger partial charge in [0.05, 0.1) is 5.92 Å². The van der Waals surface area contributed by atoms with Gasteiger partial charge in [0.1, 0.15) is 5.69 Å². The second kappa shape index (κ2) is 9.15. The third-order valence-corrected chi connectivity index (χ3v) is 5.55. The number of nitrogens with one attached hydrogen (secondary N) is 1. The molecule has 2 amide bonds. The van der Waals surface area contributed by atoms with Crippen molar-refractivity contribution in [3.05, 3.63) is 28.2 Å². The predicted molar refractivity (Wildman–Crippen MR) is 102 cm³/mol. The lowest BCUT2D eigenvalue weighted by Crippen LogP contribution is -2.48. The van der Waals surface area contributed by atoms with E-state index < -0.39 is 0 Å². The van der Waals surface area contributed by atoms with Crippen LogP contribution in [-0.4, -0.2) is 45.6 Å². The molecular weight excluding hydrogens is 344 g/mol. The molecule has 2 aliphatic rings. The molecule has 1 atom stereocenters. The van der Waals surface area contributed by atoms with Gasteiger partial charge in [-0.15, -0.1) is 0 Å². The van der Waals surface area contributed by atoms with Crippen molar-refractivity contribution in [2.45, 2.75) is 70.9 Å². The Bertz CT molecular complexity index is 724. The van der Waals surface area contributed by atoms with Gasteiger partial charge < -0.3 is 10.2 Å². The van der Waals surface area contributed by atoms with E-state index in [1.807, 2.05) is 6.92 Å². The highest BCUT2D eigenvalue weighted by Gasteiger charge is 2.30. The molecule has 27 heavy (non-hydrogen) atoms. The minimum atomic E-state index is -0.199. The summed E-state index contributed by atoms with van der Waals surface area (Å²) in [5.74, 6) is -0.287. The zero-order valence-electron chi connectivity index (χ0n) is 16.2. The summed E-state index contributed by atoms with van der Waals surface area (Å²) in [7, 11) is 0. The minimum absolute atomic E-state index is 0.0725. The Morgan fingerprint density at radius 2 is 1.93 bits per heavy atom. The highest BCUT2D eigenvalue weighted by atomic mass is 16.2. The first-order chi connectivity index (χ1) is 13.1. The molecule has 2 heterocycles. The maximum atomic E-state index is 12.8. The van der Waals surface area contributed by atoms with Crippen molar-refractivity contribution in [3.63, 3.8) is 0 Å². The molecule has 0 radical (unpaired) electrons. The van der Waals surface area contributed by atoms with Crippen molar-refractivity contribution < 1.29 is 9.59 Å². The largest absolute Gasteiger partial charge is 0.353 e. The van der Waals surface area contributed by atoms with Gasteiger partial charge in [0.2, 0.25) is 5.91 Å². The Kier molecular flexibility index (Phi) is 6.63. The van der Waals surface area contributed by atoms with E-state index in [4.69, 9.17) is 0 Å². The Hall–Kier alpha value is -2.18. The number of carbonyl (C=O) groups excluding carboxylic acids is 2. The van der Waals surface area contributed by atoms with E-state index in [1.54, 1.807) is 4.90 Å². The summed E-state index contributed by atoms with van der Waals surface area (Å²) >= 11 is 0. The van der Waals surface area contributed by atoms with Crippen LogP contribution in [0.3, 0.4) is 0 Å². The van der Waals surface area contributed by atoms with Gasteiger partial charge in [-0.25, -0.2) is 4.68 Å². The number of aromatic nitrogens is 2. The van der Waals surface area contributed by atoms with Crippen LogP contribution in [0.4, 0.5) is 0 Å². The number of amides is 2. The van der Waals surface area contributed by atoms with Crippen LogP contribution in [-0.2, 0) is 11.3 Å². The lowest BCUT2D eigenvalue weighted by Gasteiger charge is -2.33. The first-order valence-corrected chi connectivity index (χ1v) is 10.3.